The van der Waals surface area contributed by atoms with Gasteiger partial charge in [0.2, 0.25) is 15.9 Å². The van der Waals surface area contributed by atoms with Gasteiger partial charge in [0.1, 0.15) is 10.9 Å². The summed E-state index contributed by atoms with van der Waals surface area (Å²) in [6, 6.07) is 9.71. The number of carbonyl (C=O) groups excluding carboxylic acids is 2. The minimum atomic E-state index is -4.15. The fraction of sp³-hybridized carbons (Fsp3) is 0.300. The molecule has 0 heterocycles. The van der Waals surface area contributed by atoms with Gasteiger partial charge in [-0.3, -0.25) is 9.59 Å². The highest BCUT2D eigenvalue weighted by Crippen LogP contribution is 2.29. The predicted molar refractivity (Wildman–Crippen MR) is 115 cm³/mol. The molecule has 0 aromatic heterocycles. The maximum absolute atomic E-state index is 12.9. The molecule has 0 bridgehead atoms. The third-order valence-electron chi connectivity index (χ3n) is 4.05. The second kappa shape index (κ2) is 9.71. The van der Waals surface area contributed by atoms with Gasteiger partial charge in [-0.2, -0.15) is 4.72 Å². The smallest absolute Gasteiger partial charge is 0.244 e. The molecule has 2 rings (SSSR count). The lowest BCUT2D eigenvalue weighted by molar-refractivity contribution is -0.118. The Bertz CT molecular complexity index is 1000. The molecule has 156 valence electrons. The van der Waals surface area contributed by atoms with E-state index in [1.807, 2.05) is 13.8 Å². The van der Waals surface area contributed by atoms with Crippen molar-refractivity contribution in [3.8, 4) is 0 Å². The van der Waals surface area contributed by atoms with Gasteiger partial charge in [0, 0.05) is 11.3 Å². The zero-order valence-corrected chi connectivity index (χ0v) is 18.5. The number of hydrogen-bond donors (Lipinski definition) is 2. The van der Waals surface area contributed by atoms with Crippen LogP contribution in [0.1, 0.15) is 37.6 Å². The zero-order valence-electron chi connectivity index (χ0n) is 16.2. The van der Waals surface area contributed by atoms with Gasteiger partial charge >= 0.3 is 0 Å². The zero-order chi connectivity index (χ0) is 21.8. The molecule has 0 aliphatic carbocycles. The van der Waals surface area contributed by atoms with Crippen LogP contribution in [-0.4, -0.2) is 26.2 Å². The molecule has 2 aromatic carbocycles. The van der Waals surface area contributed by atoms with Crippen molar-refractivity contribution in [2.45, 2.75) is 38.1 Å². The molecule has 29 heavy (non-hydrogen) atoms. The van der Waals surface area contributed by atoms with Crippen LogP contribution in [-0.2, 0) is 14.8 Å². The lowest BCUT2D eigenvalue weighted by atomic mass is 10.0. The van der Waals surface area contributed by atoms with Gasteiger partial charge in [-0.1, -0.05) is 55.2 Å². The number of ketones is 1. The normalized spacial score (nSPS) is 12.6. The third-order valence-corrected chi connectivity index (χ3v) is 6.47. The van der Waals surface area contributed by atoms with E-state index < -0.39 is 22.0 Å². The number of amides is 1. The number of rotatable bonds is 8. The van der Waals surface area contributed by atoms with Crippen molar-refractivity contribution in [2.75, 3.05) is 5.32 Å². The summed E-state index contributed by atoms with van der Waals surface area (Å²) in [5, 5.41) is 2.58. The first kappa shape index (κ1) is 23.3. The Morgan fingerprint density at radius 3 is 2.17 bits per heavy atom. The fourth-order valence-electron chi connectivity index (χ4n) is 2.71. The number of hydrogen-bond acceptors (Lipinski definition) is 4. The average Bonchev–Trinajstić information content (AvgIpc) is 2.60. The monoisotopic (exact) mass is 456 g/mol. The van der Waals surface area contributed by atoms with Gasteiger partial charge in [-0.25, -0.2) is 8.42 Å². The number of carbonyl (C=O) groups is 2. The second-order valence-corrected chi connectivity index (χ2v) is 9.45. The quantitative estimate of drug-likeness (QED) is 0.570. The van der Waals surface area contributed by atoms with Crippen molar-refractivity contribution in [1.82, 2.24) is 4.72 Å². The van der Waals surface area contributed by atoms with E-state index in [2.05, 4.69) is 10.0 Å². The van der Waals surface area contributed by atoms with Crippen LogP contribution in [0.5, 0.6) is 0 Å². The number of sulfonamides is 1. The highest BCUT2D eigenvalue weighted by Gasteiger charge is 2.29. The summed E-state index contributed by atoms with van der Waals surface area (Å²) in [4.78, 5) is 24.1. The molecule has 0 aliphatic rings. The molecular formula is C20H22Cl2N2O4S. The van der Waals surface area contributed by atoms with E-state index in [-0.39, 0.29) is 33.1 Å². The maximum Gasteiger partial charge on any atom is 0.244 e. The molecule has 6 nitrogen and oxygen atoms in total. The molecule has 0 saturated carbocycles. The Morgan fingerprint density at radius 1 is 1.03 bits per heavy atom. The Morgan fingerprint density at radius 2 is 1.62 bits per heavy atom. The number of anilines is 1. The summed E-state index contributed by atoms with van der Waals surface area (Å²) in [6.07, 6.45) is 0.250. The molecule has 2 N–H and O–H groups in total. The van der Waals surface area contributed by atoms with E-state index in [1.54, 1.807) is 18.2 Å². The maximum atomic E-state index is 12.9. The molecule has 1 atom stereocenters. The van der Waals surface area contributed by atoms with Crippen LogP contribution in [0.3, 0.4) is 0 Å². The highest BCUT2D eigenvalue weighted by atomic mass is 35.5. The van der Waals surface area contributed by atoms with Crippen molar-refractivity contribution in [2.24, 2.45) is 5.92 Å². The topological polar surface area (TPSA) is 92.3 Å². The van der Waals surface area contributed by atoms with Gasteiger partial charge in [0.05, 0.1) is 10.0 Å². The van der Waals surface area contributed by atoms with Crippen LogP contribution in [0.2, 0.25) is 10.0 Å². The van der Waals surface area contributed by atoms with Crippen LogP contribution in [0.4, 0.5) is 5.69 Å². The van der Waals surface area contributed by atoms with Gasteiger partial charge in [0.15, 0.2) is 5.78 Å². The summed E-state index contributed by atoms with van der Waals surface area (Å²) in [5.74, 6) is -0.668. The predicted octanol–water partition coefficient (Wildman–Crippen LogP) is 4.53. The van der Waals surface area contributed by atoms with Gasteiger partial charge in [0.25, 0.3) is 0 Å². The Balaban J connectivity index is 2.30. The van der Waals surface area contributed by atoms with E-state index in [1.165, 1.54) is 31.2 Å². The molecule has 1 amide bonds. The van der Waals surface area contributed by atoms with Crippen LogP contribution >= 0.6 is 23.2 Å². The number of Topliss-reactive ketones (excluding diaryl/α,β-unsaturated/α-hetero) is 1. The first-order valence-corrected chi connectivity index (χ1v) is 11.1. The van der Waals surface area contributed by atoms with Gasteiger partial charge in [-0.15, -0.1) is 0 Å². The Hall–Kier alpha value is -1.93. The van der Waals surface area contributed by atoms with Gasteiger partial charge < -0.3 is 5.32 Å². The number of halogens is 2. The van der Waals surface area contributed by atoms with E-state index in [0.717, 1.165) is 0 Å². The Labute approximate surface area is 180 Å². The summed E-state index contributed by atoms with van der Waals surface area (Å²) >= 11 is 12.0. The van der Waals surface area contributed by atoms with E-state index in [9.17, 15) is 18.0 Å². The minimum absolute atomic E-state index is 0.0266. The van der Waals surface area contributed by atoms with E-state index in [0.29, 0.717) is 11.3 Å². The lowest BCUT2D eigenvalue weighted by Crippen LogP contribution is -2.44. The molecular weight excluding hydrogens is 435 g/mol. The molecule has 9 heteroatoms. The van der Waals surface area contributed by atoms with Crippen molar-refractivity contribution in [3.05, 3.63) is 58.1 Å². The number of benzene rings is 2. The molecule has 0 unspecified atom stereocenters. The van der Waals surface area contributed by atoms with E-state index in [4.69, 9.17) is 23.2 Å². The SMILES string of the molecule is CC(=O)c1cccc(NC(=O)[C@@H](CC(C)C)NS(=O)(=O)c2c(Cl)cccc2Cl)c1. The minimum Gasteiger partial charge on any atom is -0.325 e. The first-order valence-electron chi connectivity index (χ1n) is 8.89. The molecule has 0 aliphatic heterocycles. The van der Waals surface area contributed by atoms with Crippen molar-refractivity contribution in [3.63, 3.8) is 0 Å². The molecule has 0 radical (unpaired) electrons. The fourth-order valence-corrected chi connectivity index (χ4v) is 5.06. The summed E-state index contributed by atoms with van der Waals surface area (Å²) in [6.45, 7) is 5.16. The molecule has 0 fully saturated rings. The molecule has 0 spiro atoms. The first-order chi connectivity index (χ1) is 13.5. The molecule has 2 aromatic rings. The number of nitrogens with one attached hydrogen (secondary N) is 2. The summed E-state index contributed by atoms with van der Waals surface area (Å²) < 4.78 is 28.1. The van der Waals surface area contributed by atoms with Gasteiger partial charge in [-0.05, 0) is 43.5 Å². The van der Waals surface area contributed by atoms with Crippen molar-refractivity contribution < 1.29 is 18.0 Å². The van der Waals surface area contributed by atoms with Crippen molar-refractivity contribution >= 4 is 50.6 Å². The van der Waals surface area contributed by atoms with Crippen LogP contribution in [0, 0.1) is 5.92 Å². The van der Waals surface area contributed by atoms with Crippen LogP contribution in [0.25, 0.3) is 0 Å². The van der Waals surface area contributed by atoms with E-state index >= 15 is 0 Å². The van der Waals surface area contributed by atoms with Crippen molar-refractivity contribution in [1.29, 1.82) is 0 Å². The van der Waals surface area contributed by atoms with Crippen LogP contribution < -0.4 is 10.0 Å². The lowest BCUT2D eigenvalue weighted by Gasteiger charge is -2.21. The third kappa shape index (κ3) is 6.27. The second-order valence-electron chi connectivity index (χ2n) is 6.98. The highest BCUT2D eigenvalue weighted by molar-refractivity contribution is 7.89. The Kier molecular flexibility index (Phi) is 7.82. The average molecular weight is 457 g/mol. The summed E-state index contributed by atoms with van der Waals surface area (Å²) in [5.41, 5.74) is 0.832. The largest absolute Gasteiger partial charge is 0.325 e. The van der Waals surface area contributed by atoms with Crippen LogP contribution in [0.15, 0.2) is 47.4 Å². The summed E-state index contributed by atoms with van der Waals surface area (Å²) in [7, 11) is -4.15. The standard InChI is InChI=1S/C20H22Cl2N2O4S/c1-12(2)10-18(20(26)23-15-7-4-6-14(11-15)13(3)25)24-29(27,28)19-16(21)8-5-9-17(19)22/h4-9,11-12,18,24H,10H2,1-3H3,(H,23,26)/t18-/m1/s1. The molecule has 0 saturated heterocycles.